The van der Waals surface area contributed by atoms with Gasteiger partial charge in [0.2, 0.25) is 0 Å². The molecule has 2 fully saturated rings. The van der Waals surface area contributed by atoms with E-state index in [9.17, 15) is 0 Å². The van der Waals surface area contributed by atoms with E-state index in [0.717, 1.165) is 26.2 Å². The van der Waals surface area contributed by atoms with E-state index in [-0.39, 0.29) is 6.23 Å². The third-order valence-electron chi connectivity index (χ3n) is 2.55. The smallest absolute Gasteiger partial charge is 0.134 e. The lowest BCUT2D eigenvalue weighted by molar-refractivity contribution is -0.0534. The van der Waals surface area contributed by atoms with Crippen LogP contribution in [0.2, 0.25) is 0 Å². The number of hydrogen-bond acceptors (Lipinski definition) is 3. The summed E-state index contributed by atoms with van der Waals surface area (Å²) in [4.78, 5) is 0. The van der Waals surface area contributed by atoms with E-state index in [4.69, 9.17) is 9.47 Å². The second-order valence-electron chi connectivity index (χ2n) is 3.50. The fraction of sp³-hybridized carbons (Fsp3) is 1.00. The van der Waals surface area contributed by atoms with Gasteiger partial charge in [-0.2, -0.15) is 0 Å². The zero-order valence-corrected chi connectivity index (χ0v) is 7.42. The Bertz CT molecular complexity index is 126. The van der Waals surface area contributed by atoms with Crippen molar-refractivity contribution in [1.82, 2.24) is 5.32 Å². The SMILES string of the molecule is C1CCOC(C2NCCO2)CC1. The number of rotatable bonds is 1. The molecule has 2 aliphatic heterocycles. The van der Waals surface area contributed by atoms with Gasteiger partial charge in [-0.15, -0.1) is 0 Å². The van der Waals surface area contributed by atoms with Gasteiger partial charge in [-0.3, -0.25) is 5.32 Å². The molecule has 1 N–H and O–H groups in total. The molecular weight excluding hydrogens is 154 g/mol. The summed E-state index contributed by atoms with van der Waals surface area (Å²) in [5, 5.41) is 3.31. The van der Waals surface area contributed by atoms with Crippen LogP contribution >= 0.6 is 0 Å². The maximum Gasteiger partial charge on any atom is 0.134 e. The van der Waals surface area contributed by atoms with E-state index in [0.29, 0.717) is 6.10 Å². The second-order valence-corrected chi connectivity index (χ2v) is 3.50. The van der Waals surface area contributed by atoms with Gasteiger partial charge in [-0.05, 0) is 12.8 Å². The molecule has 0 aromatic rings. The van der Waals surface area contributed by atoms with Crippen molar-refractivity contribution in [2.45, 2.75) is 38.0 Å². The average molecular weight is 171 g/mol. The fourth-order valence-corrected chi connectivity index (χ4v) is 1.87. The predicted octanol–water partition coefficient (Wildman–Crippen LogP) is 0.891. The summed E-state index contributed by atoms with van der Waals surface area (Å²) in [6.07, 6.45) is 5.43. The Morgan fingerprint density at radius 2 is 2.00 bits per heavy atom. The molecule has 2 aliphatic rings. The van der Waals surface area contributed by atoms with Gasteiger partial charge in [0.1, 0.15) is 6.23 Å². The highest BCUT2D eigenvalue weighted by atomic mass is 16.6. The minimum absolute atomic E-state index is 0.170. The lowest BCUT2D eigenvalue weighted by Crippen LogP contribution is -2.37. The quantitative estimate of drug-likeness (QED) is 0.635. The lowest BCUT2D eigenvalue weighted by Gasteiger charge is -2.21. The van der Waals surface area contributed by atoms with Gasteiger partial charge in [0.25, 0.3) is 0 Å². The van der Waals surface area contributed by atoms with Crippen LogP contribution in [0.1, 0.15) is 25.7 Å². The molecule has 12 heavy (non-hydrogen) atoms. The highest BCUT2D eigenvalue weighted by Gasteiger charge is 2.26. The highest BCUT2D eigenvalue weighted by molar-refractivity contribution is 4.74. The Labute approximate surface area is 73.4 Å². The van der Waals surface area contributed by atoms with Crippen LogP contribution in [-0.2, 0) is 9.47 Å². The first-order valence-electron chi connectivity index (χ1n) is 4.93. The maximum absolute atomic E-state index is 5.70. The first-order chi connectivity index (χ1) is 5.97. The molecule has 2 atom stereocenters. The van der Waals surface area contributed by atoms with Crippen molar-refractivity contribution in [1.29, 1.82) is 0 Å². The molecule has 0 spiro atoms. The zero-order valence-electron chi connectivity index (χ0n) is 7.42. The van der Waals surface area contributed by atoms with E-state index in [1.165, 1.54) is 19.3 Å². The van der Waals surface area contributed by atoms with Crippen molar-refractivity contribution in [3.63, 3.8) is 0 Å². The van der Waals surface area contributed by atoms with Crippen molar-refractivity contribution >= 4 is 0 Å². The van der Waals surface area contributed by atoms with Crippen LogP contribution in [0.4, 0.5) is 0 Å². The van der Waals surface area contributed by atoms with Gasteiger partial charge in [0, 0.05) is 13.2 Å². The van der Waals surface area contributed by atoms with Crippen LogP contribution in [0.5, 0.6) is 0 Å². The monoisotopic (exact) mass is 171 g/mol. The molecule has 0 radical (unpaired) electrons. The molecule has 2 saturated heterocycles. The van der Waals surface area contributed by atoms with Gasteiger partial charge in [0.15, 0.2) is 0 Å². The predicted molar refractivity (Wildman–Crippen MR) is 46.0 cm³/mol. The molecule has 0 aromatic carbocycles. The summed E-state index contributed by atoms with van der Waals surface area (Å²) >= 11 is 0. The Balaban J connectivity index is 1.83. The molecule has 0 saturated carbocycles. The largest absolute Gasteiger partial charge is 0.374 e. The Kier molecular flexibility index (Phi) is 2.98. The van der Waals surface area contributed by atoms with Gasteiger partial charge >= 0.3 is 0 Å². The molecule has 70 valence electrons. The van der Waals surface area contributed by atoms with Gasteiger partial charge in [0.05, 0.1) is 12.7 Å². The number of hydrogen-bond donors (Lipinski definition) is 1. The molecule has 0 aromatic heterocycles. The second kappa shape index (κ2) is 4.21. The third kappa shape index (κ3) is 1.97. The average Bonchev–Trinajstić information content (AvgIpc) is 2.48. The molecule has 0 amide bonds. The van der Waals surface area contributed by atoms with Crippen LogP contribution in [0.25, 0.3) is 0 Å². The zero-order chi connectivity index (χ0) is 8.23. The van der Waals surface area contributed by atoms with Crippen molar-refractivity contribution in [3.8, 4) is 0 Å². The highest BCUT2D eigenvalue weighted by Crippen LogP contribution is 2.17. The molecule has 2 rings (SSSR count). The fourth-order valence-electron chi connectivity index (χ4n) is 1.87. The molecule has 2 unspecified atom stereocenters. The standard InChI is InChI=1S/C9H17NO2/c1-2-4-8(11-6-3-1)9-10-5-7-12-9/h8-10H,1-7H2. The third-order valence-corrected chi connectivity index (χ3v) is 2.55. The summed E-state index contributed by atoms with van der Waals surface area (Å²) in [6, 6.07) is 0. The molecular formula is C9H17NO2. The number of nitrogens with one attached hydrogen (secondary N) is 1. The van der Waals surface area contributed by atoms with E-state index < -0.39 is 0 Å². The molecule has 3 heteroatoms. The van der Waals surface area contributed by atoms with Gasteiger partial charge in [-0.1, -0.05) is 12.8 Å². The topological polar surface area (TPSA) is 30.5 Å². The van der Waals surface area contributed by atoms with E-state index in [1.54, 1.807) is 0 Å². The first-order valence-corrected chi connectivity index (χ1v) is 4.93. The van der Waals surface area contributed by atoms with Crippen molar-refractivity contribution in [3.05, 3.63) is 0 Å². The van der Waals surface area contributed by atoms with Crippen molar-refractivity contribution < 1.29 is 9.47 Å². The van der Waals surface area contributed by atoms with Crippen molar-refractivity contribution in [2.75, 3.05) is 19.8 Å². The summed E-state index contributed by atoms with van der Waals surface area (Å²) in [5.74, 6) is 0. The molecule has 0 bridgehead atoms. The summed E-state index contributed by atoms with van der Waals surface area (Å²) in [7, 11) is 0. The maximum atomic E-state index is 5.70. The molecule has 0 aliphatic carbocycles. The van der Waals surface area contributed by atoms with Crippen LogP contribution < -0.4 is 5.32 Å². The van der Waals surface area contributed by atoms with Crippen LogP contribution in [0.15, 0.2) is 0 Å². The van der Waals surface area contributed by atoms with E-state index in [2.05, 4.69) is 5.32 Å². The molecule has 3 nitrogen and oxygen atoms in total. The van der Waals surface area contributed by atoms with Crippen molar-refractivity contribution in [2.24, 2.45) is 0 Å². The molecule has 2 heterocycles. The van der Waals surface area contributed by atoms with Crippen LogP contribution in [0, 0.1) is 0 Å². The van der Waals surface area contributed by atoms with Crippen LogP contribution in [0.3, 0.4) is 0 Å². The first kappa shape index (κ1) is 8.48. The number of ether oxygens (including phenoxy) is 2. The summed E-state index contributed by atoms with van der Waals surface area (Å²) in [5.41, 5.74) is 0. The lowest BCUT2D eigenvalue weighted by atomic mass is 10.1. The minimum atomic E-state index is 0.170. The summed E-state index contributed by atoms with van der Waals surface area (Å²) in [6.45, 7) is 2.72. The van der Waals surface area contributed by atoms with Gasteiger partial charge in [-0.25, -0.2) is 0 Å². The Hall–Kier alpha value is -0.120. The minimum Gasteiger partial charge on any atom is -0.374 e. The van der Waals surface area contributed by atoms with Crippen LogP contribution in [-0.4, -0.2) is 32.1 Å². The van der Waals surface area contributed by atoms with Gasteiger partial charge < -0.3 is 9.47 Å². The Morgan fingerprint density at radius 1 is 1.00 bits per heavy atom. The van der Waals surface area contributed by atoms with E-state index >= 15 is 0 Å². The van der Waals surface area contributed by atoms with E-state index in [1.807, 2.05) is 0 Å². The Morgan fingerprint density at radius 3 is 2.83 bits per heavy atom. The normalized spacial score (nSPS) is 38.0. The summed E-state index contributed by atoms with van der Waals surface area (Å²) < 4.78 is 11.2.